The highest BCUT2D eigenvalue weighted by atomic mass is 16.2. The lowest BCUT2D eigenvalue weighted by atomic mass is 10.1. The molecule has 1 unspecified atom stereocenters. The van der Waals surface area contributed by atoms with Crippen molar-refractivity contribution in [1.82, 2.24) is 15.1 Å². The molecule has 1 aliphatic rings. The van der Waals surface area contributed by atoms with Crippen molar-refractivity contribution >= 4 is 11.9 Å². The minimum Gasteiger partial charge on any atom is -0.366 e. The van der Waals surface area contributed by atoms with Crippen LogP contribution >= 0.6 is 0 Å². The number of nitrogens with zero attached hydrogens (tertiary/aromatic N) is 2. The zero-order chi connectivity index (χ0) is 19.9. The largest absolute Gasteiger partial charge is 0.366 e. The number of primary amides is 1. The Bertz CT molecular complexity index is 809. The minimum absolute atomic E-state index is 0.106. The molecule has 1 heterocycles. The van der Waals surface area contributed by atoms with E-state index in [1.54, 1.807) is 23.1 Å². The van der Waals surface area contributed by atoms with Crippen LogP contribution in [0.1, 0.15) is 27.9 Å². The van der Waals surface area contributed by atoms with Crippen molar-refractivity contribution in [3.63, 3.8) is 0 Å². The lowest BCUT2D eigenvalue weighted by Crippen LogP contribution is -2.40. The standard InChI is InChI=1S/C22H28N4O2/c1-25(22(28)24-13-18-8-5-9-20(12-18)21(23)27)14-19-10-11-26(16-19)15-17-6-3-2-4-7-17/h2-9,12,19H,10-11,13-16H2,1H3,(H2,23,27)(H,24,28). The van der Waals surface area contributed by atoms with Gasteiger partial charge in [0.05, 0.1) is 0 Å². The molecule has 0 spiro atoms. The highest BCUT2D eigenvalue weighted by molar-refractivity contribution is 5.92. The van der Waals surface area contributed by atoms with Gasteiger partial charge in [-0.1, -0.05) is 42.5 Å². The van der Waals surface area contributed by atoms with E-state index in [4.69, 9.17) is 5.73 Å². The van der Waals surface area contributed by atoms with Crippen molar-refractivity contribution in [3.05, 3.63) is 71.3 Å². The van der Waals surface area contributed by atoms with Crippen molar-refractivity contribution in [2.45, 2.75) is 19.5 Å². The molecule has 2 aromatic rings. The molecule has 3 rings (SSSR count). The predicted molar refractivity (Wildman–Crippen MR) is 110 cm³/mol. The van der Waals surface area contributed by atoms with Gasteiger partial charge in [-0.15, -0.1) is 0 Å². The van der Waals surface area contributed by atoms with E-state index in [2.05, 4.69) is 34.5 Å². The Hall–Kier alpha value is -2.86. The third-order valence-electron chi connectivity index (χ3n) is 5.15. The van der Waals surface area contributed by atoms with Crippen LogP contribution in [-0.4, -0.2) is 48.4 Å². The van der Waals surface area contributed by atoms with E-state index in [0.717, 1.165) is 38.2 Å². The van der Waals surface area contributed by atoms with Crippen molar-refractivity contribution < 1.29 is 9.59 Å². The van der Waals surface area contributed by atoms with Gasteiger partial charge in [0.1, 0.15) is 0 Å². The number of carbonyl (C=O) groups excluding carboxylic acids is 2. The molecule has 1 atom stereocenters. The topological polar surface area (TPSA) is 78.7 Å². The second-order valence-corrected chi connectivity index (χ2v) is 7.48. The number of hydrogen-bond donors (Lipinski definition) is 2. The fourth-order valence-electron chi connectivity index (χ4n) is 3.66. The number of amides is 3. The van der Waals surface area contributed by atoms with Gasteiger partial charge in [-0.2, -0.15) is 0 Å². The van der Waals surface area contributed by atoms with Gasteiger partial charge in [0.2, 0.25) is 5.91 Å². The van der Waals surface area contributed by atoms with Crippen LogP contribution in [0.3, 0.4) is 0 Å². The molecule has 6 heteroatoms. The third-order valence-corrected chi connectivity index (χ3v) is 5.15. The number of likely N-dealkylation sites (tertiary alicyclic amines) is 1. The Morgan fingerprint density at radius 3 is 2.64 bits per heavy atom. The molecule has 3 amide bonds. The van der Waals surface area contributed by atoms with Gasteiger partial charge in [-0.05, 0) is 42.1 Å². The number of hydrogen-bond acceptors (Lipinski definition) is 3. The maximum absolute atomic E-state index is 12.4. The zero-order valence-corrected chi connectivity index (χ0v) is 16.3. The average molecular weight is 380 g/mol. The molecule has 1 fully saturated rings. The molecule has 0 radical (unpaired) electrons. The maximum Gasteiger partial charge on any atom is 0.317 e. The van der Waals surface area contributed by atoms with Crippen molar-refractivity contribution in [1.29, 1.82) is 0 Å². The first-order chi connectivity index (χ1) is 13.5. The fraction of sp³-hybridized carbons (Fsp3) is 0.364. The van der Waals surface area contributed by atoms with Crippen LogP contribution in [-0.2, 0) is 13.1 Å². The lowest BCUT2D eigenvalue weighted by molar-refractivity contribution is 0.1000. The molecule has 0 saturated carbocycles. The van der Waals surface area contributed by atoms with E-state index in [1.165, 1.54) is 5.56 Å². The molecule has 2 aromatic carbocycles. The monoisotopic (exact) mass is 380 g/mol. The van der Waals surface area contributed by atoms with Gasteiger partial charge in [-0.3, -0.25) is 9.69 Å². The van der Waals surface area contributed by atoms with E-state index in [1.807, 2.05) is 19.2 Å². The second kappa shape index (κ2) is 9.37. The summed E-state index contributed by atoms with van der Waals surface area (Å²) in [6, 6.07) is 17.4. The minimum atomic E-state index is -0.466. The molecular weight excluding hydrogens is 352 g/mol. The molecule has 28 heavy (non-hydrogen) atoms. The zero-order valence-electron chi connectivity index (χ0n) is 16.3. The first-order valence-corrected chi connectivity index (χ1v) is 9.65. The lowest BCUT2D eigenvalue weighted by Gasteiger charge is -2.22. The van der Waals surface area contributed by atoms with E-state index in [9.17, 15) is 9.59 Å². The van der Waals surface area contributed by atoms with Crippen LogP contribution in [0, 0.1) is 5.92 Å². The van der Waals surface area contributed by atoms with Crippen molar-refractivity contribution in [3.8, 4) is 0 Å². The number of benzene rings is 2. The normalized spacial score (nSPS) is 16.7. The Labute approximate surface area is 166 Å². The summed E-state index contributed by atoms with van der Waals surface area (Å²) in [6.07, 6.45) is 1.10. The van der Waals surface area contributed by atoms with Crippen molar-refractivity contribution in [2.24, 2.45) is 11.7 Å². The van der Waals surface area contributed by atoms with Crippen LogP contribution in [0.25, 0.3) is 0 Å². The summed E-state index contributed by atoms with van der Waals surface area (Å²) >= 11 is 0. The van der Waals surface area contributed by atoms with Gasteiger partial charge < -0.3 is 16.0 Å². The summed E-state index contributed by atoms with van der Waals surface area (Å²) in [7, 11) is 1.83. The smallest absolute Gasteiger partial charge is 0.317 e. The molecule has 0 aromatic heterocycles. The van der Waals surface area contributed by atoms with Gasteiger partial charge in [0.15, 0.2) is 0 Å². The molecule has 3 N–H and O–H groups in total. The summed E-state index contributed by atoms with van der Waals surface area (Å²) in [5, 5.41) is 2.91. The van der Waals surface area contributed by atoms with Crippen LogP contribution in [0.4, 0.5) is 4.79 Å². The second-order valence-electron chi connectivity index (χ2n) is 7.48. The Balaban J connectivity index is 1.43. The highest BCUT2D eigenvalue weighted by Gasteiger charge is 2.24. The number of urea groups is 1. The average Bonchev–Trinajstić information content (AvgIpc) is 3.13. The molecule has 1 saturated heterocycles. The van der Waals surface area contributed by atoms with Crippen molar-refractivity contribution in [2.75, 3.05) is 26.7 Å². The first kappa shape index (κ1) is 19.9. The van der Waals surface area contributed by atoms with E-state index >= 15 is 0 Å². The van der Waals surface area contributed by atoms with Gasteiger partial charge >= 0.3 is 6.03 Å². The Morgan fingerprint density at radius 1 is 1.14 bits per heavy atom. The predicted octanol–water partition coefficient (Wildman–Crippen LogP) is 2.45. The summed E-state index contributed by atoms with van der Waals surface area (Å²) < 4.78 is 0. The summed E-state index contributed by atoms with van der Waals surface area (Å²) in [5.74, 6) is 0.0178. The molecular formula is C22H28N4O2. The van der Waals surface area contributed by atoms with Gasteiger partial charge in [-0.25, -0.2) is 4.79 Å². The van der Waals surface area contributed by atoms with Crippen LogP contribution in [0.5, 0.6) is 0 Å². The number of nitrogens with two attached hydrogens (primary N) is 1. The van der Waals surface area contributed by atoms with Crippen LogP contribution < -0.4 is 11.1 Å². The number of rotatable bonds is 7. The summed E-state index contributed by atoms with van der Waals surface area (Å²) in [4.78, 5) is 27.9. The van der Waals surface area contributed by atoms with E-state index < -0.39 is 5.91 Å². The quantitative estimate of drug-likeness (QED) is 0.774. The fourth-order valence-corrected chi connectivity index (χ4v) is 3.66. The third kappa shape index (κ3) is 5.57. The SMILES string of the molecule is CN(CC1CCN(Cc2ccccc2)C1)C(=O)NCc1cccc(C(N)=O)c1. The molecule has 0 bridgehead atoms. The van der Waals surface area contributed by atoms with E-state index in [0.29, 0.717) is 18.0 Å². The highest BCUT2D eigenvalue weighted by Crippen LogP contribution is 2.19. The number of nitrogens with one attached hydrogen (secondary N) is 1. The molecule has 0 aliphatic carbocycles. The summed E-state index contributed by atoms with van der Waals surface area (Å²) in [6.45, 7) is 4.14. The molecule has 1 aliphatic heterocycles. The Morgan fingerprint density at radius 2 is 1.89 bits per heavy atom. The molecule has 6 nitrogen and oxygen atoms in total. The molecule has 148 valence electrons. The Kier molecular flexibility index (Phi) is 6.66. The van der Waals surface area contributed by atoms with Crippen LogP contribution in [0.2, 0.25) is 0 Å². The summed E-state index contributed by atoms with van der Waals surface area (Å²) in [5.41, 5.74) is 7.93. The first-order valence-electron chi connectivity index (χ1n) is 9.65. The van der Waals surface area contributed by atoms with E-state index in [-0.39, 0.29) is 6.03 Å². The number of carbonyl (C=O) groups is 2. The maximum atomic E-state index is 12.4. The van der Waals surface area contributed by atoms with Gasteiger partial charge in [0.25, 0.3) is 0 Å². The van der Waals surface area contributed by atoms with Crippen LogP contribution in [0.15, 0.2) is 54.6 Å². The van der Waals surface area contributed by atoms with Gasteiger partial charge in [0, 0.05) is 38.8 Å².